The fourth-order valence-electron chi connectivity index (χ4n) is 2.60. The summed E-state index contributed by atoms with van der Waals surface area (Å²) in [7, 11) is 0. The summed E-state index contributed by atoms with van der Waals surface area (Å²) in [6, 6.07) is 4.30. The topological polar surface area (TPSA) is 55.1 Å². The predicted molar refractivity (Wildman–Crippen MR) is 77.4 cm³/mol. The minimum Gasteiger partial charge on any atom is -0.392 e. The molecule has 0 aromatic heterocycles. The highest BCUT2D eigenvalue weighted by Crippen LogP contribution is 2.46. The van der Waals surface area contributed by atoms with Crippen molar-refractivity contribution < 1.29 is 9.18 Å². The Morgan fingerprint density at radius 3 is 2.68 bits per heavy atom. The molecule has 0 heterocycles. The molecular weight excluding hydrogens is 263 g/mol. The van der Waals surface area contributed by atoms with Gasteiger partial charge in [0, 0.05) is 5.69 Å². The van der Waals surface area contributed by atoms with Gasteiger partial charge in [0.25, 0.3) is 0 Å². The number of nitrogens with one attached hydrogen (secondary N) is 1. The molecular formula is C14H17FN2OS. The third kappa shape index (κ3) is 2.47. The van der Waals surface area contributed by atoms with Crippen LogP contribution < -0.4 is 11.1 Å². The van der Waals surface area contributed by atoms with Crippen LogP contribution in [0.3, 0.4) is 0 Å². The van der Waals surface area contributed by atoms with Crippen molar-refractivity contribution in [2.75, 3.05) is 5.32 Å². The van der Waals surface area contributed by atoms with Crippen molar-refractivity contribution in [1.29, 1.82) is 0 Å². The van der Waals surface area contributed by atoms with Gasteiger partial charge in [0.15, 0.2) is 0 Å². The lowest BCUT2D eigenvalue weighted by molar-refractivity contribution is -0.127. The Labute approximate surface area is 117 Å². The Kier molecular flexibility index (Phi) is 3.58. The molecule has 19 heavy (non-hydrogen) atoms. The zero-order valence-electron chi connectivity index (χ0n) is 11.0. The molecule has 1 amide bonds. The lowest BCUT2D eigenvalue weighted by atomic mass is 9.62. The van der Waals surface area contributed by atoms with Crippen LogP contribution in [-0.4, -0.2) is 10.9 Å². The van der Waals surface area contributed by atoms with E-state index in [9.17, 15) is 9.18 Å². The fourth-order valence-corrected chi connectivity index (χ4v) is 2.86. The lowest BCUT2D eigenvalue weighted by Crippen LogP contribution is -2.53. The van der Waals surface area contributed by atoms with Crippen LogP contribution in [0.4, 0.5) is 10.1 Å². The standard InChI is InChI=1S/C14H17FN2OS/c1-8-6-14(7-8,12(16)19)13(18)17-11-5-10(15)4-3-9(11)2/h3-5,8H,6-7H2,1-2H3,(H2,16,19)(H,17,18). The Balaban J connectivity index is 2.21. The smallest absolute Gasteiger partial charge is 0.237 e. The number of carbonyl (C=O) groups is 1. The van der Waals surface area contributed by atoms with Crippen molar-refractivity contribution in [3.05, 3.63) is 29.6 Å². The maximum atomic E-state index is 13.2. The van der Waals surface area contributed by atoms with Gasteiger partial charge in [0.2, 0.25) is 5.91 Å². The van der Waals surface area contributed by atoms with Crippen LogP contribution in [0.1, 0.15) is 25.3 Å². The first-order chi connectivity index (χ1) is 8.85. The summed E-state index contributed by atoms with van der Waals surface area (Å²) < 4.78 is 13.2. The van der Waals surface area contributed by atoms with Crippen LogP contribution in [0, 0.1) is 24.1 Å². The molecule has 1 fully saturated rings. The number of carbonyl (C=O) groups excluding carboxylic acids is 1. The summed E-state index contributed by atoms with van der Waals surface area (Å²) in [5.41, 5.74) is 6.22. The number of rotatable bonds is 3. The van der Waals surface area contributed by atoms with Gasteiger partial charge in [-0.15, -0.1) is 0 Å². The highest BCUT2D eigenvalue weighted by Gasteiger charge is 2.50. The zero-order chi connectivity index (χ0) is 14.2. The summed E-state index contributed by atoms with van der Waals surface area (Å²) in [6.07, 6.45) is 1.31. The Morgan fingerprint density at radius 1 is 1.53 bits per heavy atom. The molecule has 3 nitrogen and oxygen atoms in total. The Bertz CT molecular complexity index is 538. The first-order valence-electron chi connectivity index (χ1n) is 6.22. The number of halogens is 1. The van der Waals surface area contributed by atoms with Crippen molar-refractivity contribution in [2.45, 2.75) is 26.7 Å². The van der Waals surface area contributed by atoms with Gasteiger partial charge in [-0.2, -0.15) is 0 Å². The number of hydrogen-bond acceptors (Lipinski definition) is 2. The van der Waals surface area contributed by atoms with Gasteiger partial charge in [0.1, 0.15) is 5.82 Å². The van der Waals surface area contributed by atoms with E-state index < -0.39 is 5.41 Å². The summed E-state index contributed by atoms with van der Waals surface area (Å²) in [5.74, 6) is -0.181. The summed E-state index contributed by atoms with van der Waals surface area (Å²) >= 11 is 5.03. The summed E-state index contributed by atoms with van der Waals surface area (Å²) in [5, 5.41) is 2.75. The third-order valence-corrected chi connectivity index (χ3v) is 4.14. The highest BCUT2D eigenvalue weighted by molar-refractivity contribution is 7.80. The quantitative estimate of drug-likeness (QED) is 0.837. The number of hydrogen-bond donors (Lipinski definition) is 2. The molecule has 1 aromatic carbocycles. The van der Waals surface area contributed by atoms with E-state index in [4.69, 9.17) is 18.0 Å². The molecule has 0 atom stereocenters. The van der Waals surface area contributed by atoms with E-state index in [1.807, 2.05) is 6.92 Å². The molecule has 0 aliphatic heterocycles. The molecule has 0 saturated heterocycles. The van der Waals surface area contributed by atoms with Gasteiger partial charge in [-0.3, -0.25) is 4.79 Å². The van der Waals surface area contributed by atoms with Crippen molar-refractivity contribution in [2.24, 2.45) is 17.1 Å². The zero-order valence-corrected chi connectivity index (χ0v) is 11.8. The van der Waals surface area contributed by atoms with Gasteiger partial charge in [0.05, 0.1) is 10.4 Å². The SMILES string of the molecule is Cc1ccc(F)cc1NC(=O)C1(C(N)=S)CC(C)C1. The molecule has 0 unspecified atom stereocenters. The van der Waals surface area contributed by atoms with Crippen molar-refractivity contribution >= 4 is 28.8 Å². The van der Waals surface area contributed by atoms with E-state index in [1.54, 1.807) is 6.07 Å². The second kappa shape index (κ2) is 4.89. The molecule has 1 aliphatic carbocycles. The van der Waals surface area contributed by atoms with E-state index in [0.717, 1.165) is 5.56 Å². The average molecular weight is 280 g/mol. The first-order valence-corrected chi connectivity index (χ1v) is 6.63. The number of amides is 1. The number of anilines is 1. The largest absolute Gasteiger partial charge is 0.392 e. The molecule has 1 saturated carbocycles. The lowest BCUT2D eigenvalue weighted by Gasteiger charge is -2.44. The fraction of sp³-hybridized carbons (Fsp3) is 0.429. The highest BCUT2D eigenvalue weighted by atomic mass is 32.1. The minimum absolute atomic E-state index is 0.220. The van der Waals surface area contributed by atoms with Gasteiger partial charge < -0.3 is 11.1 Å². The van der Waals surface area contributed by atoms with Crippen molar-refractivity contribution in [3.63, 3.8) is 0 Å². The first kappa shape index (κ1) is 13.9. The molecule has 1 aromatic rings. The molecule has 1 aliphatic rings. The molecule has 102 valence electrons. The number of thiocarbonyl (C=S) groups is 1. The molecule has 2 rings (SSSR count). The third-order valence-electron chi connectivity index (χ3n) is 3.75. The summed E-state index contributed by atoms with van der Waals surface area (Å²) in [6.45, 7) is 3.86. The minimum atomic E-state index is -0.770. The maximum absolute atomic E-state index is 13.2. The van der Waals surface area contributed by atoms with Crippen LogP contribution >= 0.6 is 12.2 Å². The van der Waals surface area contributed by atoms with E-state index in [1.165, 1.54) is 12.1 Å². The molecule has 0 spiro atoms. The maximum Gasteiger partial charge on any atom is 0.237 e. The molecule has 0 bridgehead atoms. The number of nitrogens with two attached hydrogens (primary N) is 1. The Hall–Kier alpha value is -1.49. The second-order valence-electron chi connectivity index (χ2n) is 5.37. The van der Waals surface area contributed by atoms with Gasteiger partial charge in [-0.25, -0.2) is 4.39 Å². The number of benzene rings is 1. The van der Waals surface area contributed by atoms with Gasteiger partial charge in [-0.05, 0) is 43.4 Å². The van der Waals surface area contributed by atoms with E-state index in [-0.39, 0.29) is 16.7 Å². The van der Waals surface area contributed by atoms with Crippen LogP contribution in [0.25, 0.3) is 0 Å². The van der Waals surface area contributed by atoms with Gasteiger partial charge >= 0.3 is 0 Å². The van der Waals surface area contributed by atoms with Crippen molar-refractivity contribution in [3.8, 4) is 0 Å². The summed E-state index contributed by atoms with van der Waals surface area (Å²) in [4.78, 5) is 12.6. The monoisotopic (exact) mass is 280 g/mol. The van der Waals surface area contributed by atoms with Crippen molar-refractivity contribution in [1.82, 2.24) is 0 Å². The van der Waals surface area contributed by atoms with E-state index in [2.05, 4.69) is 12.2 Å². The molecule has 0 radical (unpaired) electrons. The number of aryl methyl sites for hydroxylation is 1. The second-order valence-corrected chi connectivity index (χ2v) is 5.81. The van der Waals surface area contributed by atoms with Gasteiger partial charge in [-0.1, -0.05) is 25.2 Å². The molecule has 5 heteroatoms. The van der Waals surface area contributed by atoms with Crippen LogP contribution in [0.15, 0.2) is 18.2 Å². The normalized spacial score (nSPS) is 25.5. The van der Waals surface area contributed by atoms with E-state index >= 15 is 0 Å². The van der Waals surface area contributed by atoms with E-state index in [0.29, 0.717) is 24.4 Å². The van der Waals surface area contributed by atoms with Crippen LogP contribution in [-0.2, 0) is 4.79 Å². The molecule has 3 N–H and O–H groups in total. The predicted octanol–water partition coefficient (Wildman–Crippen LogP) is 2.78. The average Bonchev–Trinajstić information content (AvgIpc) is 2.28. The Morgan fingerprint density at radius 2 is 2.16 bits per heavy atom. The van der Waals surface area contributed by atoms with Crippen LogP contribution in [0.5, 0.6) is 0 Å². The van der Waals surface area contributed by atoms with Crippen LogP contribution in [0.2, 0.25) is 0 Å².